The Kier molecular flexibility index (Phi) is 3.34. The van der Waals surface area contributed by atoms with Gasteiger partial charge in [0.15, 0.2) is 5.16 Å². The van der Waals surface area contributed by atoms with Crippen LogP contribution in [0, 0.1) is 0 Å². The second-order valence-electron chi connectivity index (χ2n) is 2.47. The molecule has 1 N–H and O–H groups in total. The second-order valence-corrected chi connectivity index (χ2v) is 3.80. The van der Waals surface area contributed by atoms with E-state index in [1.165, 1.54) is 11.8 Å². The van der Waals surface area contributed by atoms with E-state index in [0.29, 0.717) is 6.42 Å². The fourth-order valence-electron chi connectivity index (χ4n) is 0.836. The van der Waals surface area contributed by atoms with Crippen molar-refractivity contribution in [2.24, 2.45) is 0 Å². The van der Waals surface area contributed by atoms with Crippen LogP contribution >= 0.6 is 11.8 Å². The fourth-order valence-corrected chi connectivity index (χ4v) is 1.73. The summed E-state index contributed by atoms with van der Waals surface area (Å²) in [6, 6.07) is 0. The van der Waals surface area contributed by atoms with Gasteiger partial charge in [0.25, 0.3) is 0 Å². The maximum Gasteiger partial charge on any atom is 0.165 e. The molecular weight excluding hydrogens is 172 g/mol. The van der Waals surface area contributed by atoms with Crippen molar-refractivity contribution in [2.45, 2.75) is 30.7 Å². The molecule has 1 atom stereocenters. The van der Waals surface area contributed by atoms with Crippen LogP contribution in [0.5, 0.6) is 0 Å². The van der Waals surface area contributed by atoms with Crippen LogP contribution in [0.25, 0.3) is 0 Å². The van der Waals surface area contributed by atoms with Crippen LogP contribution in [0.2, 0.25) is 0 Å². The van der Waals surface area contributed by atoms with E-state index in [2.05, 4.69) is 9.97 Å². The van der Waals surface area contributed by atoms with Crippen molar-refractivity contribution in [2.75, 3.05) is 0 Å². The Bertz CT molecular complexity index is 246. The number of aromatic nitrogens is 2. The number of hydrogen-bond donors (Lipinski definition) is 1. The maximum atomic E-state index is 11.2. The minimum absolute atomic E-state index is 0.00106. The summed E-state index contributed by atoms with van der Waals surface area (Å²) in [5.41, 5.74) is 0. The van der Waals surface area contributed by atoms with Gasteiger partial charge in [0.2, 0.25) is 0 Å². The molecule has 0 aliphatic rings. The van der Waals surface area contributed by atoms with Gasteiger partial charge >= 0.3 is 0 Å². The molecule has 3 nitrogen and oxygen atoms in total. The zero-order chi connectivity index (χ0) is 8.97. The number of nitrogens with one attached hydrogen (secondary N) is 1. The van der Waals surface area contributed by atoms with Crippen molar-refractivity contribution in [3.8, 4) is 0 Å². The molecule has 0 saturated carbocycles. The van der Waals surface area contributed by atoms with E-state index in [0.717, 1.165) is 5.16 Å². The second kappa shape index (κ2) is 4.30. The van der Waals surface area contributed by atoms with Crippen LogP contribution in [0.1, 0.15) is 20.3 Å². The zero-order valence-corrected chi connectivity index (χ0v) is 8.02. The highest BCUT2D eigenvalue weighted by atomic mass is 32.2. The van der Waals surface area contributed by atoms with E-state index in [-0.39, 0.29) is 11.0 Å². The molecule has 0 spiro atoms. The van der Waals surface area contributed by atoms with E-state index in [1.54, 1.807) is 12.4 Å². The third kappa shape index (κ3) is 2.37. The van der Waals surface area contributed by atoms with Gasteiger partial charge in [-0.1, -0.05) is 18.7 Å². The topological polar surface area (TPSA) is 45.8 Å². The number of thioether (sulfide) groups is 1. The summed E-state index contributed by atoms with van der Waals surface area (Å²) in [4.78, 5) is 18.2. The van der Waals surface area contributed by atoms with Crippen molar-refractivity contribution in [1.29, 1.82) is 0 Å². The van der Waals surface area contributed by atoms with Gasteiger partial charge < -0.3 is 4.98 Å². The molecule has 0 radical (unpaired) electrons. The Labute approximate surface area is 76.0 Å². The van der Waals surface area contributed by atoms with Crippen LogP contribution in [0.4, 0.5) is 0 Å². The molecule has 0 saturated heterocycles. The van der Waals surface area contributed by atoms with Crippen molar-refractivity contribution in [3.63, 3.8) is 0 Å². The number of ketones is 1. The first-order chi connectivity index (χ1) is 5.74. The van der Waals surface area contributed by atoms with Gasteiger partial charge in [-0.2, -0.15) is 0 Å². The van der Waals surface area contributed by atoms with Gasteiger partial charge in [-0.3, -0.25) is 4.79 Å². The molecule has 66 valence electrons. The van der Waals surface area contributed by atoms with Crippen molar-refractivity contribution in [3.05, 3.63) is 12.4 Å². The highest BCUT2D eigenvalue weighted by Crippen LogP contribution is 2.19. The smallest absolute Gasteiger partial charge is 0.165 e. The van der Waals surface area contributed by atoms with Gasteiger partial charge in [-0.25, -0.2) is 4.98 Å². The van der Waals surface area contributed by atoms with E-state index in [1.807, 2.05) is 13.8 Å². The third-order valence-corrected chi connectivity index (χ3v) is 2.63. The van der Waals surface area contributed by atoms with Crippen LogP contribution < -0.4 is 0 Å². The van der Waals surface area contributed by atoms with Gasteiger partial charge in [-0.15, -0.1) is 0 Å². The predicted octanol–water partition coefficient (Wildman–Crippen LogP) is 1.87. The number of carbonyl (C=O) groups excluding carboxylic acids is 1. The van der Waals surface area contributed by atoms with Crippen LogP contribution in [-0.2, 0) is 4.79 Å². The highest BCUT2D eigenvalue weighted by Gasteiger charge is 2.12. The van der Waals surface area contributed by atoms with E-state index in [4.69, 9.17) is 0 Å². The summed E-state index contributed by atoms with van der Waals surface area (Å²) in [5.74, 6) is 0.261. The average Bonchev–Trinajstić information content (AvgIpc) is 2.55. The predicted molar refractivity (Wildman–Crippen MR) is 49.2 cm³/mol. The van der Waals surface area contributed by atoms with Crippen molar-refractivity contribution >= 4 is 17.5 Å². The largest absolute Gasteiger partial charge is 0.340 e. The third-order valence-electron chi connectivity index (χ3n) is 1.56. The number of carbonyl (C=O) groups is 1. The lowest BCUT2D eigenvalue weighted by atomic mass is 10.2. The minimum Gasteiger partial charge on any atom is -0.340 e. The number of H-pyrrole nitrogens is 1. The molecule has 12 heavy (non-hydrogen) atoms. The summed E-state index contributed by atoms with van der Waals surface area (Å²) in [7, 11) is 0. The van der Waals surface area contributed by atoms with Gasteiger partial charge in [0.1, 0.15) is 5.78 Å². The molecule has 1 aromatic rings. The maximum absolute atomic E-state index is 11.2. The average molecular weight is 184 g/mol. The molecule has 0 bridgehead atoms. The summed E-state index contributed by atoms with van der Waals surface area (Å²) < 4.78 is 0. The molecule has 0 aliphatic carbocycles. The number of aromatic amines is 1. The molecule has 1 unspecified atom stereocenters. The number of Topliss-reactive ketones (excluding diaryl/α,β-unsaturated/α-hetero) is 1. The molecule has 0 aromatic carbocycles. The summed E-state index contributed by atoms with van der Waals surface area (Å²) in [6.45, 7) is 3.78. The monoisotopic (exact) mass is 184 g/mol. The zero-order valence-electron chi connectivity index (χ0n) is 7.20. The van der Waals surface area contributed by atoms with Crippen molar-refractivity contribution in [1.82, 2.24) is 9.97 Å². The summed E-state index contributed by atoms with van der Waals surface area (Å²) >= 11 is 1.47. The Morgan fingerprint density at radius 2 is 2.58 bits per heavy atom. The highest BCUT2D eigenvalue weighted by molar-refractivity contribution is 8.00. The summed E-state index contributed by atoms with van der Waals surface area (Å²) in [6.07, 6.45) is 4.03. The Hall–Kier alpha value is -0.770. The summed E-state index contributed by atoms with van der Waals surface area (Å²) in [5, 5.41) is 0.811. The number of rotatable bonds is 4. The number of imidazole rings is 1. The number of hydrogen-bond acceptors (Lipinski definition) is 3. The first-order valence-electron chi connectivity index (χ1n) is 3.92. The quantitative estimate of drug-likeness (QED) is 0.726. The molecule has 4 heteroatoms. The normalized spacial score (nSPS) is 12.8. The Balaban J connectivity index is 2.47. The SMILES string of the molecule is CCC(=O)C(C)Sc1ncc[nH]1. The molecule has 1 rings (SSSR count). The first-order valence-corrected chi connectivity index (χ1v) is 4.80. The van der Waals surface area contributed by atoms with Gasteiger partial charge in [-0.05, 0) is 6.92 Å². The van der Waals surface area contributed by atoms with Gasteiger partial charge in [0.05, 0.1) is 5.25 Å². The lowest BCUT2D eigenvalue weighted by Gasteiger charge is -2.04. The van der Waals surface area contributed by atoms with E-state index < -0.39 is 0 Å². The van der Waals surface area contributed by atoms with E-state index in [9.17, 15) is 4.79 Å². The lowest BCUT2D eigenvalue weighted by Crippen LogP contribution is -2.11. The lowest BCUT2D eigenvalue weighted by molar-refractivity contribution is -0.118. The van der Waals surface area contributed by atoms with Crippen LogP contribution in [-0.4, -0.2) is 21.0 Å². The standard InChI is InChI=1S/C8H12N2OS/c1-3-7(11)6(2)12-8-9-4-5-10-8/h4-6H,3H2,1-2H3,(H,9,10). The number of nitrogens with zero attached hydrogens (tertiary/aromatic N) is 1. The molecule has 1 heterocycles. The molecular formula is C8H12N2OS. The van der Waals surface area contributed by atoms with E-state index >= 15 is 0 Å². The van der Waals surface area contributed by atoms with Crippen LogP contribution in [0.3, 0.4) is 0 Å². The molecule has 0 amide bonds. The Morgan fingerprint density at radius 3 is 3.08 bits per heavy atom. The Morgan fingerprint density at radius 1 is 1.83 bits per heavy atom. The minimum atomic E-state index is 0.00106. The first kappa shape index (κ1) is 9.32. The molecule has 0 fully saturated rings. The van der Waals surface area contributed by atoms with Crippen LogP contribution in [0.15, 0.2) is 17.6 Å². The fraction of sp³-hybridized carbons (Fsp3) is 0.500. The van der Waals surface area contributed by atoms with Gasteiger partial charge in [0, 0.05) is 18.8 Å². The molecule has 1 aromatic heterocycles. The molecule has 0 aliphatic heterocycles. The van der Waals surface area contributed by atoms with Crippen molar-refractivity contribution < 1.29 is 4.79 Å².